The van der Waals surface area contributed by atoms with Gasteiger partial charge in [0.25, 0.3) is 0 Å². The number of halogens is 3. The smallest absolute Gasteiger partial charge is 0.394 e. The highest BCUT2D eigenvalue weighted by Crippen LogP contribution is 2.38. The van der Waals surface area contributed by atoms with Crippen molar-refractivity contribution in [3.63, 3.8) is 0 Å². The molecule has 8 heteroatoms. The fourth-order valence-corrected chi connectivity index (χ4v) is 2.40. The number of hydrogen-bond donors (Lipinski definition) is 1. The zero-order chi connectivity index (χ0) is 15.1. The first-order valence-corrected chi connectivity index (χ1v) is 6.05. The van der Waals surface area contributed by atoms with Crippen LogP contribution < -0.4 is 4.90 Å². The van der Waals surface area contributed by atoms with E-state index in [9.17, 15) is 18.0 Å². The number of carboxylic acid groups (broad SMARTS) is 1. The number of carboxylic acids is 1. The highest BCUT2D eigenvalue weighted by atomic mass is 19.4. The van der Waals surface area contributed by atoms with Crippen LogP contribution in [0, 0.1) is 25.7 Å². The van der Waals surface area contributed by atoms with Crippen LogP contribution in [0.3, 0.4) is 0 Å². The van der Waals surface area contributed by atoms with E-state index >= 15 is 0 Å². The molecule has 0 amide bonds. The summed E-state index contributed by atoms with van der Waals surface area (Å²) in [6.45, 7) is 2.76. The van der Waals surface area contributed by atoms with E-state index in [0.717, 1.165) is 0 Å². The first-order chi connectivity index (χ1) is 9.18. The lowest BCUT2D eigenvalue weighted by molar-refractivity contribution is -0.187. The molecule has 1 aromatic rings. The van der Waals surface area contributed by atoms with Crippen molar-refractivity contribution in [1.29, 1.82) is 0 Å². The van der Waals surface area contributed by atoms with Gasteiger partial charge in [0.2, 0.25) is 5.95 Å². The van der Waals surface area contributed by atoms with Crippen molar-refractivity contribution in [1.82, 2.24) is 9.97 Å². The van der Waals surface area contributed by atoms with Gasteiger partial charge >= 0.3 is 12.1 Å². The molecule has 0 aromatic carbocycles. The van der Waals surface area contributed by atoms with Crippen LogP contribution in [-0.4, -0.2) is 40.3 Å². The highest BCUT2D eigenvalue weighted by molar-refractivity contribution is 5.72. The molecule has 0 bridgehead atoms. The van der Waals surface area contributed by atoms with Gasteiger partial charge in [0.1, 0.15) is 0 Å². The standard InChI is InChI=1S/C12H14F3N3O2/c1-6-3-7(2)17-11(16-6)18-4-8(10(19)20)9(5-18)12(13,14)15/h3,8-9H,4-5H2,1-2H3,(H,19,20). The lowest BCUT2D eigenvalue weighted by Crippen LogP contribution is -2.33. The van der Waals surface area contributed by atoms with E-state index in [1.807, 2.05) is 0 Å². The number of aryl methyl sites for hydroxylation is 2. The molecule has 2 heterocycles. The second-order valence-electron chi connectivity index (χ2n) is 4.95. The van der Waals surface area contributed by atoms with Crippen LogP contribution in [0.1, 0.15) is 11.4 Å². The molecule has 1 fully saturated rings. The summed E-state index contributed by atoms with van der Waals surface area (Å²) in [5, 5.41) is 8.95. The first-order valence-electron chi connectivity index (χ1n) is 6.05. The third-order valence-electron chi connectivity index (χ3n) is 3.31. The minimum Gasteiger partial charge on any atom is -0.481 e. The van der Waals surface area contributed by atoms with Crippen molar-refractivity contribution < 1.29 is 23.1 Å². The second kappa shape index (κ2) is 4.92. The number of rotatable bonds is 2. The van der Waals surface area contributed by atoms with Crippen molar-refractivity contribution in [2.75, 3.05) is 18.0 Å². The Bertz CT molecular complexity index is 513. The molecule has 2 unspecified atom stereocenters. The number of aliphatic carboxylic acids is 1. The van der Waals surface area contributed by atoms with E-state index in [-0.39, 0.29) is 12.5 Å². The first kappa shape index (κ1) is 14.5. The van der Waals surface area contributed by atoms with Crippen LogP contribution in [0.15, 0.2) is 6.07 Å². The van der Waals surface area contributed by atoms with E-state index in [1.165, 1.54) is 4.90 Å². The average Bonchev–Trinajstić information content (AvgIpc) is 2.71. The molecule has 1 aliphatic heterocycles. The predicted octanol–water partition coefficient (Wildman–Crippen LogP) is 1.79. The molecule has 20 heavy (non-hydrogen) atoms. The van der Waals surface area contributed by atoms with Crippen molar-refractivity contribution >= 4 is 11.9 Å². The van der Waals surface area contributed by atoms with Crippen molar-refractivity contribution in [3.8, 4) is 0 Å². The van der Waals surface area contributed by atoms with Crippen molar-refractivity contribution in [3.05, 3.63) is 17.5 Å². The molecule has 1 aliphatic rings. The van der Waals surface area contributed by atoms with Gasteiger partial charge in [-0.3, -0.25) is 4.79 Å². The van der Waals surface area contributed by atoms with Gasteiger partial charge in [0.05, 0.1) is 11.8 Å². The average molecular weight is 289 g/mol. The number of aromatic nitrogens is 2. The molecule has 0 saturated carbocycles. The summed E-state index contributed by atoms with van der Waals surface area (Å²) in [6.07, 6.45) is -4.54. The zero-order valence-electron chi connectivity index (χ0n) is 11.0. The Labute approximate surface area is 113 Å². The van der Waals surface area contributed by atoms with E-state index in [4.69, 9.17) is 5.11 Å². The fourth-order valence-electron chi connectivity index (χ4n) is 2.40. The fraction of sp³-hybridized carbons (Fsp3) is 0.583. The van der Waals surface area contributed by atoms with Gasteiger partial charge in [-0.1, -0.05) is 0 Å². The Kier molecular flexibility index (Phi) is 3.58. The van der Waals surface area contributed by atoms with Crippen LogP contribution in [0.25, 0.3) is 0 Å². The van der Waals surface area contributed by atoms with Crippen LogP contribution in [0.5, 0.6) is 0 Å². The predicted molar refractivity (Wildman–Crippen MR) is 64.4 cm³/mol. The SMILES string of the molecule is Cc1cc(C)nc(N2CC(C(=O)O)C(C(F)(F)F)C2)n1. The van der Waals surface area contributed by atoms with Gasteiger partial charge in [-0.05, 0) is 19.9 Å². The summed E-state index contributed by atoms with van der Waals surface area (Å²) < 4.78 is 38.7. The normalized spacial score (nSPS) is 23.1. The van der Waals surface area contributed by atoms with E-state index in [1.54, 1.807) is 19.9 Å². The number of anilines is 1. The third-order valence-corrected chi connectivity index (χ3v) is 3.31. The molecule has 1 saturated heterocycles. The van der Waals surface area contributed by atoms with Crippen LogP contribution >= 0.6 is 0 Å². The summed E-state index contributed by atoms with van der Waals surface area (Å²) >= 11 is 0. The Morgan fingerprint density at radius 1 is 1.30 bits per heavy atom. The van der Waals surface area contributed by atoms with Gasteiger partial charge in [0, 0.05) is 24.5 Å². The minimum atomic E-state index is -4.54. The highest BCUT2D eigenvalue weighted by Gasteiger charge is 2.53. The summed E-state index contributed by atoms with van der Waals surface area (Å²) in [6, 6.07) is 1.70. The van der Waals surface area contributed by atoms with E-state index in [0.29, 0.717) is 11.4 Å². The Balaban J connectivity index is 2.30. The molecule has 5 nitrogen and oxygen atoms in total. The quantitative estimate of drug-likeness (QED) is 0.899. The molecular formula is C12H14F3N3O2. The molecule has 2 rings (SSSR count). The maximum Gasteiger partial charge on any atom is 0.394 e. The molecule has 2 atom stereocenters. The number of alkyl halides is 3. The van der Waals surface area contributed by atoms with Crippen LogP contribution in [0.2, 0.25) is 0 Å². The van der Waals surface area contributed by atoms with E-state index in [2.05, 4.69) is 9.97 Å². The molecule has 0 spiro atoms. The van der Waals surface area contributed by atoms with Crippen LogP contribution in [-0.2, 0) is 4.79 Å². The monoisotopic (exact) mass is 289 g/mol. The lowest BCUT2D eigenvalue weighted by Gasteiger charge is -2.18. The number of hydrogen-bond acceptors (Lipinski definition) is 4. The Morgan fingerprint density at radius 2 is 1.85 bits per heavy atom. The Hall–Kier alpha value is -1.86. The summed E-state index contributed by atoms with van der Waals surface area (Å²) in [4.78, 5) is 20.5. The zero-order valence-corrected chi connectivity index (χ0v) is 11.0. The molecule has 1 aromatic heterocycles. The Morgan fingerprint density at radius 3 is 2.25 bits per heavy atom. The summed E-state index contributed by atoms with van der Waals surface area (Å²) in [7, 11) is 0. The van der Waals surface area contributed by atoms with Gasteiger partial charge < -0.3 is 10.0 Å². The summed E-state index contributed by atoms with van der Waals surface area (Å²) in [5.41, 5.74) is 1.27. The number of nitrogens with zero attached hydrogens (tertiary/aromatic N) is 3. The maximum atomic E-state index is 12.9. The van der Waals surface area contributed by atoms with Gasteiger partial charge in [-0.25, -0.2) is 9.97 Å². The molecule has 110 valence electrons. The molecule has 0 aliphatic carbocycles. The maximum absolute atomic E-state index is 12.9. The van der Waals surface area contributed by atoms with E-state index < -0.39 is 30.5 Å². The summed E-state index contributed by atoms with van der Waals surface area (Å²) in [5.74, 6) is -4.68. The van der Waals surface area contributed by atoms with Crippen molar-refractivity contribution in [2.24, 2.45) is 11.8 Å². The molecular weight excluding hydrogens is 275 g/mol. The number of carbonyl (C=O) groups is 1. The lowest BCUT2D eigenvalue weighted by atomic mass is 9.96. The minimum absolute atomic E-state index is 0.153. The molecule has 0 radical (unpaired) electrons. The third kappa shape index (κ3) is 2.83. The van der Waals surface area contributed by atoms with Crippen LogP contribution in [0.4, 0.5) is 19.1 Å². The second-order valence-corrected chi connectivity index (χ2v) is 4.95. The topological polar surface area (TPSA) is 66.3 Å². The van der Waals surface area contributed by atoms with Gasteiger partial charge in [-0.15, -0.1) is 0 Å². The molecule has 1 N–H and O–H groups in total. The van der Waals surface area contributed by atoms with Gasteiger partial charge in [-0.2, -0.15) is 13.2 Å². The largest absolute Gasteiger partial charge is 0.481 e. The van der Waals surface area contributed by atoms with Gasteiger partial charge in [0.15, 0.2) is 0 Å². The van der Waals surface area contributed by atoms with Crippen molar-refractivity contribution in [2.45, 2.75) is 20.0 Å².